The number of carbonyl (C=O) groups excluding carboxylic acids is 1. The number of hydrogen-bond acceptors (Lipinski definition) is 9. The van der Waals surface area contributed by atoms with Crippen molar-refractivity contribution in [3.63, 3.8) is 0 Å². The summed E-state index contributed by atoms with van der Waals surface area (Å²) < 4.78 is 59.5. The van der Waals surface area contributed by atoms with E-state index in [1.165, 1.54) is 0 Å². The van der Waals surface area contributed by atoms with Crippen LogP contribution in [0.25, 0.3) is 0 Å². The lowest BCUT2D eigenvalue weighted by molar-refractivity contribution is -0.264. The molecule has 208 valence electrons. The van der Waals surface area contributed by atoms with Crippen LogP contribution in [0.4, 0.5) is 0 Å². The zero-order valence-electron chi connectivity index (χ0n) is 23.5. The predicted octanol–water partition coefficient (Wildman–Crippen LogP) is 2.90. The second-order valence-corrected chi connectivity index (χ2v) is 15.4. The van der Waals surface area contributed by atoms with Crippen LogP contribution in [-0.4, -0.2) is 74.6 Å². The highest BCUT2D eigenvalue weighted by Gasteiger charge is 2.68. The van der Waals surface area contributed by atoms with Crippen LogP contribution in [0.3, 0.4) is 0 Å². The van der Waals surface area contributed by atoms with E-state index in [0.29, 0.717) is 0 Å². The van der Waals surface area contributed by atoms with Crippen molar-refractivity contribution in [3.05, 3.63) is 0 Å². The molecule has 0 saturated carbocycles. The molecular weight excluding hydrogens is 490 g/mol. The summed E-state index contributed by atoms with van der Waals surface area (Å²) >= 11 is 0. The van der Waals surface area contributed by atoms with Crippen molar-refractivity contribution in [1.82, 2.24) is 4.72 Å². The largest absolute Gasteiger partial charge is 0.431 e. The molecular formula is C25H43NO9S. The second-order valence-electron chi connectivity index (χ2n) is 13.4. The van der Waals surface area contributed by atoms with Gasteiger partial charge in [0.15, 0.2) is 23.5 Å². The number of cyclic esters (lactones) is 1. The van der Waals surface area contributed by atoms with Gasteiger partial charge in [0.05, 0.1) is 21.8 Å². The van der Waals surface area contributed by atoms with Crippen molar-refractivity contribution in [1.29, 1.82) is 0 Å². The van der Waals surface area contributed by atoms with Gasteiger partial charge in [-0.3, -0.25) is 0 Å². The van der Waals surface area contributed by atoms with Gasteiger partial charge in [-0.15, -0.1) is 0 Å². The minimum atomic E-state index is -1.59. The van der Waals surface area contributed by atoms with Crippen LogP contribution in [0, 0.1) is 5.41 Å². The van der Waals surface area contributed by atoms with Crippen LogP contribution in [-0.2, 0) is 48.9 Å². The van der Waals surface area contributed by atoms with E-state index in [9.17, 15) is 9.00 Å². The van der Waals surface area contributed by atoms with E-state index in [1.54, 1.807) is 27.7 Å². The van der Waals surface area contributed by atoms with Crippen LogP contribution in [0.1, 0.15) is 83.1 Å². The van der Waals surface area contributed by atoms with Gasteiger partial charge >= 0.3 is 5.97 Å². The summed E-state index contributed by atoms with van der Waals surface area (Å²) in [5.41, 5.74) is -2.09. The normalized spacial score (nSPS) is 43.6. The molecule has 4 saturated heterocycles. The molecule has 4 aliphatic heterocycles. The number of nitrogens with one attached hydrogen (secondary N) is 1. The van der Waals surface area contributed by atoms with Crippen LogP contribution >= 0.6 is 0 Å². The molecule has 1 N–H and O–H groups in total. The lowest BCUT2D eigenvalue weighted by Crippen LogP contribution is -2.69. The molecule has 0 aliphatic carbocycles. The topological polar surface area (TPSA) is 111 Å². The third-order valence-electron chi connectivity index (χ3n) is 7.36. The van der Waals surface area contributed by atoms with E-state index in [0.717, 1.165) is 0 Å². The SMILES string of the molecule is CC1(C)O[C@@H]2[C@H](O1)[C@H]1OC(C)(C)O[C@H]1O[C@@H]2[C@H](N[S@@](=O)C(C)(C)C)[C@@]1(C)O[C@](C)(C(C)(C)C)OC1=O. The molecule has 10 nitrogen and oxygen atoms in total. The van der Waals surface area contributed by atoms with Crippen molar-refractivity contribution >= 4 is 17.0 Å². The van der Waals surface area contributed by atoms with Gasteiger partial charge in [0.2, 0.25) is 5.79 Å². The highest BCUT2D eigenvalue weighted by atomic mass is 32.2. The minimum Gasteiger partial charge on any atom is -0.431 e. The Morgan fingerprint density at radius 2 is 1.36 bits per heavy atom. The number of fused-ring (bicyclic) bond motifs is 3. The zero-order chi connectivity index (χ0) is 27.3. The van der Waals surface area contributed by atoms with E-state index in [-0.39, 0.29) is 0 Å². The molecule has 0 radical (unpaired) electrons. The van der Waals surface area contributed by atoms with E-state index in [4.69, 9.17) is 33.2 Å². The first-order valence-electron chi connectivity index (χ1n) is 12.6. The standard InChI is InChI=1S/C25H43NO9S/c1-20(2,3)25(12)34-19(27)24(11,35-25)17(26-36(28)21(4,5)6)15-13-14(31-22(7,8)30-13)16-18(29-15)33-23(9,10)32-16/h13-18,26H,1-12H3/t13-,14+,15+,16-,17+,18-,24-,25-,36+/m1/s1. The van der Waals surface area contributed by atoms with E-state index >= 15 is 0 Å². The molecule has 0 amide bonds. The van der Waals surface area contributed by atoms with Gasteiger partial charge in [-0.05, 0) is 55.4 Å². The Morgan fingerprint density at radius 3 is 1.89 bits per heavy atom. The number of hydrogen-bond donors (Lipinski definition) is 1. The monoisotopic (exact) mass is 533 g/mol. The van der Waals surface area contributed by atoms with Gasteiger partial charge in [-0.25, -0.2) is 13.7 Å². The Hall–Kier alpha value is -0.660. The summed E-state index contributed by atoms with van der Waals surface area (Å²) in [7, 11) is -1.59. The Labute approximate surface area is 216 Å². The number of carbonyl (C=O) groups is 1. The molecule has 0 unspecified atom stereocenters. The maximum atomic E-state index is 13.6. The predicted molar refractivity (Wildman–Crippen MR) is 131 cm³/mol. The Bertz CT molecular complexity index is 925. The number of ether oxygens (including phenoxy) is 7. The summed E-state index contributed by atoms with van der Waals surface area (Å²) in [4.78, 5) is 13.6. The maximum Gasteiger partial charge on any atom is 0.342 e. The van der Waals surface area contributed by atoms with Gasteiger partial charge in [0, 0.05) is 12.3 Å². The third kappa shape index (κ3) is 4.79. The molecule has 0 aromatic carbocycles. The molecule has 0 aromatic rings. The highest BCUT2D eigenvalue weighted by molar-refractivity contribution is 7.84. The average Bonchev–Trinajstić information content (AvgIpc) is 3.25. The van der Waals surface area contributed by atoms with E-state index in [1.807, 2.05) is 55.4 Å². The first-order chi connectivity index (χ1) is 16.1. The molecule has 9 atom stereocenters. The van der Waals surface area contributed by atoms with Crippen molar-refractivity contribution < 1.29 is 42.2 Å². The maximum absolute atomic E-state index is 13.6. The summed E-state index contributed by atoms with van der Waals surface area (Å²) in [5, 5.41) is 0. The van der Waals surface area contributed by atoms with Gasteiger partial charge in [-0.2, -0.15) is 0 Å². The van der Waals surface area contributed by atoms with Crippen LogP contribution in [0.2, 0.25) is 0 Å². The molecule has 0 aromatic heterocycles. The van der Waals surface area contributed by atoms with Crippen molar-refractivity contribution in [2.75, 3.05) is 0 Å². The fourth-order valence-corrected chi connectivity index (χ4v) is 5.88. The first-order valence-corrected chi connectivity index (χ1v) is 13.7. The lowest BCUT2D eigenvalue weighted by Gasteiger charge is -2.45. The summed E-state index contributed by atoms with van der Waals surface area (Å²) in [6, 6.07) is -0.938. The molecule has 36 heavy (non-hydrogen) atoms. The smallest absolute Gasteiger partial charge is 0.342 e. The van der Waals surface area contributed by atoms with Gasteiger partial charge in [0.25, 0.3) is 0 Å². The highest BCUT2D eigenvalue weighted by Crippen LogP contribution is 2.50. The molecule has 0 bridgehead atoms. The molecule has 0 spiro atoms. The quantitative estimate of drug-likeness (QED) is 0.545. The molecule has 4 fully saturated rings. The van der Waals surface area contributed by atoms with Gasteiger partial charge < -0.3 is 33.2 Å². The zero-order valence-corrected chi connectivity index (χ0v) is 24.4. The van der Waals surface area contributed by atoms with E-state index < -0.39 is 86.8 Å². The van der Waals surface area contributed by atoms with Crippen LogP contribution in [0.15, 0.2) is 0 Å². The van der Waals surface area contributed by atoms with Crippen molar-refractivity contribution in [3.8, 4) is 0 Å². The molecule has 11 heteroatoms. The Morgan fingerprint density at radius 1 is 0.833 bits per heavy atom. The first kappa shape index (κ1) is 28.4. The Kier molecular flexibility index (Phi) is 6.63. The van der Waals surface area contributed by atoms with Crippen molar-refractivity contribution in [2.24, 2.45) is 5.41 Å². The van der Waals surface area contributed by atoms with Crippen LogP contribution in [0.5, 0.6) is 0 Å². The summed E-state index contributed by atoms with van der Waals surface area (Å²) in [6.45, 7) is 21.9. The summed E-state index contributed by atoms with van der Waals surface area (Å²) in [5.74, 6) is -3.64. The average molecular weight is 534 g/mol. The minimum absolute atomic E-state index is 0.531. The lowest BCUT2D eigenvalue weighted by atomic mass is 9.84. The molecule has 4 heterocycles. The number of rotatable bonds is 4. The molecule has 4 rings (SSSR count). The van der Waals surface area contributed by atoms with Crippen LogP contribution < -0.4 is 4.72 Å². The van der Waals surface area contributed by atoms with Gasteiger partial charge in [-0.1, -0.05) is 20.8 Å². The Balaban J connectivity index is 1.78. The summed E-state index contributed by atoms with van der Waals surface area (Å²) in [6.07, 6.45) is -3.38. The second kappa shape index (κ2) is 8.42. The van der Waals surface area contributed by atoms with E-state index in [2.05, 4.69) is 4.72 Å². The number of esters is 1. The molecule has 4 aliphatic rings. The third-order valence-corrected chi connectivity index (χ3v) is 8.95. The fourth-order valence-electron chi connectivity index (χ4n) is 4.94. The van der Waals surface area contributed by atoms with Gasteiger partial charge in [0.1, 0.15) is 24.4 Å². The fraction of sp³-hybridized carbons (Fsp3) is 0.960. The van der Waals surface area contributed by atoms with Crippen molar-refractivity contribution in [2.45, 2.75) is 148 Å².